The Morgan fingerprint density at radius 1 is 1.17 bits per heavy atom. The number of hydrogen-bond donors (Lipinski definition) is 2. The maximum Gasteiger partial charge on any atom is 0.151 e. The summed E-state index contributed by atoms with van der Waals surface area (Å²) in [5.41, 5.74) is 9.39. The van der Waals surface area contributed by atoms with Crippen molar-refractivity contribution in [1.29, 1.82) is 5.26 Å². The van der Waals surface area contributed by atoms with Crippen LogP contribution in [-0.2, 0) is 0 Å². The zero-order chi connectivity index (χ0) is 16.9. The largest absolute Gasteiger partial charge is 0.382 e. The van der Waals surface area contributed by atoms with Crippen molar-refractivity contribution in [3.05, 3.63) is 72.8 Å². The summed E-state index contributed by atoms with van der Waals surface area (Å²) in [6, 6.07) is 13.4. The van der Waals surface area contributed by atoms with Gasteiger partial charge < -0.3 is 11.1 Å². The average Bonchev–Trinajstić information content (AvgIpc) is 2.63. The first-order chi connectivity index (χ1) is 11.7. The SMILES string of the molecule is C=C(Nc1ccccc1)c1nc(-c2ccncc2C#N)cnc1N. The molecule has 0 spiro atoms. The summed E-state index contributed by atoms with van der Waals surface area (Å²) >= 11 is 0. The molecule has 0 fully saturated rings. The molecule has 6 heteroatoms. The number of rotatable bonds is 4. The van der Waals surface area contributed by atoms with Gasteiger partial charge in [-0.3, -0.25) is 4.98 Å². The second-order valence-corrected chi connectivity index (χ2v) is 4.99. The number of benzene rings is 1. The van der Waals surface area contributed by atoms with Crippen LogP contribution < -0.4 is 11.1 Å². The number of nitrogens with zero attached hydrogens (tertiary/aromatic N) is 4. The highest BCUT2D eigenvalue weighted by molar-refractivity contribution is 5.79. The molecule has 0 saturated carbocycles. The van der Waals surface area contributed by atoms with E-state index in [0.717, 1.165) is 5.69 Å². The number of nitrogen functional groups attached to an aromatic ring is 1. The van der Waals surface area contributed by atoms with Gasteiger partial charge in [0.15, 0.2) is 5.82 Å². The number of nitrogens with two attached hydrogens (primary N) is 1. The van der Waals surface area contributed by atoms with Crippen molar-refractivity contribution in [1.82, 2.24) is 15.0 Å². The van der Waals surface area contributed by atoms with Gasteiger partial charge in [-0.15, -0.1) is 0 Å². The Balaban J connectivity index is 1.98. The van der Waals surface area contributed by atoms with Crippen molar-refractivity contribution in [2.45, 2.75) is 0 Å². The molecule has 0 radical (unpaired) electrons. The molecule has 3 aromatic rings. The van der Waals surface area contributed by atoms with E-state index in [1.165, 1.54) is 12.4 Å². The normalized spacial score (nSPS) is 9.96. The first-order valence-corrected chi connectivity index (χ1v) is 7.17. The van der Waals surface area contributed by atoms with Crippen molar-refractivity contribution in [2.24, 2.45) is 0 Å². The fourth-order valence-corrected chi connectivity index (χ4v) is 2.21. The molecule has 24 heavy (non-hydrogen) atoms. The third-order valence-electron chi connectivity index (χ3n) is 3.37. The lowest BCUT2D eigenvalue weighted by molar-refractivity contribution is 1.17. The fraction of sp³-hybridized carbons (Fsp3) is 0. The Hall–Kier alpha value is -3.72. The molecule has 0 aliphatic carbocycles. The summed E-state index contributed by atoms with van der Waals surface area (Å²) in [4.78, 5) is 12.6. The van der Waals surface area contributed by atoms with Crippen LogP contribution in [0.1, 0.15) is 11.3 Å². The van der Waals surface area contributed by atoms with Gasteiger partial charge in [0.2, 0.25) is 0 Å². The molecule has 0 bridgehead atoms. The van der Waals surface area contributed by atoms with Crippen LogP contribution in [0.25, 0.3) is 17.0 Å². The molecule has 6 nitrogen and oxygen atoms in total. The maximum absolute atomic E-state index is 9.21. The van der Waals surface area contributed by atoms with E-state index in [2.05, 4.69) is 32.9 Å². The van der Waals surface area contributed by atoms with Gasteiger partial charge in [0, 0.05) is 23.6 Å². The summed E-state index contributed by atoms with van der Waals surface area (Å²) < 4.78 is 0. The van der Waals surface area contributed by atoms with Crippen LogP contribution in [0.2, 0.25) is 0 Å². The summed E-state index contributed by atoms with van der Waals surface area (Å²) in [6.45, 7) is 3.99. The first-order valence-electron chi connectivity index (χ1n) is 7.17. The van der Waals surface area contributed by atoms with Gasteiger partial charge in [0.1, 0.15) is 11.8 Å². The van der Waals surface area contributed by atoms with Gasteiger partial charge in [-0.1, -0.05) is 24.8 Å². The Kier molecular flexibility index (Phi) is 4.17. The van der Waals surface area contributed by atoms with Gasteiger partial charge >= 0.3 is 0 Å². The Bertz CT molecular complexity index is 928. The fourth-order valence-electron chi connectivity index (χ4n) is 2.21. The summed E-state index contributed by atoms with van der Waals surface area (Å²) in [6.07, 6.45) is 4.62. The predicted octanol–water partition coefficient (Wildman–Crippen LogP) is 3.08. The third-order valence-corrected chi connectivity index (χ3v) is 3.37. The summed E-state index contributed by atoms with van der Waals surface area (Å²) in [5.74, 6) is 0.264. The van der Waals surface area contributed by atoms with E-state index in [1.54, 1.807) is 12.3 Å². The zero-order valence-corrected chi connectivity index (χ0v) is 12.8. The topological polar surface area (TPSA) is 101 Å². The lowest BCUT2D eigenvalue weighted by Gasteiger charge is -2.12. The summed E-state index contributed by atoms with van der Waals surface area (Å²) in [7, 11) is 0. The molecule has 0 aliphatic heterocycles. The Labute approximate surface area is 139 Å². The zero-order valence-electron chi connectivity index (χ0n) is 12.8. The van der Waals surface area contributed by atoms with E-state index in [-0.39, 0.29) is 5.82 Å². The van der Waals surface area contributed by atoms with Gasteiger partial charge in [-0.25, -0.2) is 9.97 Å². The number of hydrogen-bond acceptors (Lipinski definition) is 6. The van der Waals surface area contributed by atoms with Gasteiger partial charge in [-0.2, -0.15) is 5.26 Å². The monoisotopic (exact) mass is 314 g/mol. The molecule has 2 heterocycles. The van der Waals surface area contributed by atoms with Crippen molar-refractivity contribution >= 4 is 17.2 Å². The van der Waals surface area contributed by atoms with Crippen LogP contribution in [0.5, 0.6) is 0 Å². The molecule has 0 unspecified atom stereocenters. The number of nitrogens with one attached hydrogen (secondary N) is 1. The highest BCUT2D eigenvalue weighted by Crippen LogP contribution is 2.25. The molecular weight excluding hydrogens is 300 g/mol. The maximum atomic E-state index is 9.21. The smallest absolute Gasteiger partial charge is 0.151 e. The van der Waals surface area contributed by atoms with Crippen LogP contribution >= 0.6 is 0 Å². The molecular formula is C18H14N6. The lowest BCUT2D eigenvalue weighted by atomic mass is 10.1. The van der Waals surface area contributed by atoms with Crippen molar-refractivity contribution < 1.29 is 0 Å². The molecule has 116 valence electrons. The van der Waals surface area contributed by atoms with Crippen molar-refractivity contribution in [3.8, 4) is 17.3 Å². The molecule has 3 N–H and O–H groups in total. The number of pyridine rings is 1. The summed E-state index contributed by atoms with van der Waals surface area (Å²) in [5, 5.41) is 12.4. The van der Waals surface area contributed by atoms with Crippen molar-refractivity contribution in [2.75, 3.05) is 11.1 Å². The standard InChI is InChI=1S/C18H14N6/c1-12(23-14-5-3-2-4-6-14)17-18(20)22-11-16(24-17)15-7-8-21-10-13(15)9-19/h2-8,10-11,23H,1H2,(H2,20,22). The van der Waals surface area contributed by atoms with Crippen LogP contribution in [0, 0.1) is 11.3 Å². The van der Waals surface area contributed by atoms with Gasteiger partial charge in [0.25, 0.3) is 0 Å². The van der Waals surface area contributed by atoms with Gasteiger partial charge in [-0.05, 0) is 18.2 Å². The minimum Gasteiger partial charge on any atom is -0.382 e. The Morgan fingerprint density at radius 3 is 2.71 bits per heavy atom. The molecule has 1 aromatic carbocycles. The van der Waals surface area contributed by atoms with E-state index in [9.17, 15) is 5.26 Å². The van der Waals surface area contributed by atoms with E-state index < -0.39 is 0 Å². The second kappa shape index (κ2) is 6.58. The number of para-hydroxylation sites is 1. The van der Waals surface area contributed by atoms with Crippen LogP contribution in [0.15, 0.2) is 61.6 Å². The lowest BCUT2D eigenvalue weighted by Crippen LogP contribution is -2.06. The number of anilines is 2. The van der Waals surface area contributed by atoms with Crippen LogP contribution in [0.3, 0.4) is 0 Å². The third kappa shape index (κ3) is 3.05. The highest BCUT2D eigenvalue weighted by Gasteiger charge is 2.12. The predicted molar refractivity (Wildman–Crippen MR) is 93.5 cm³/mol. The molecule has 0 saturated heterocycles. The minimum atomic E-state index is 0.264. The molecule has 0 aliphatic rings. The first kappa shape index (κ1) is 15.2. The van der Waals surface area contributed by atoms with Crippen molar-refractivity contribution in [3.63, 3.8) is 0 Å². The van der Waals surface area contributed by atoms with Crippen LogP contribution in [0.4, 0.5) is 11.5 Å². The average molecular weight is 314 g/mol. The highest BCUT2D eigenvalue weighted by atomic mass is 15.0. The number of nitriles is 1. The van der Waals surface area contributed by atoms with E-state index in [1.807, 2.05) is 30.3 Å². The minimum absolute atomic E-state index is 0.264. The molecule has 3 rings (SSSR count). The second-order valence-electron chi connectivity index (χ2n) is 4.99. The molecule has 0 atom stereocenters. The van der Waals surface area contributed by atoms with E-state index in [0.29, 0.717) is 28.2 Å². The quantitative estimate of drug-likeness (QED) is 0.767. The number of aromatic nitrogens is 3. The van der Waals surface area contributed by atoms with E-state index >= 15 is 0 Å². The molecule has 0 amide bonds. The van der Waals surface area contributed by atoms with E-state index in [4.69, 9.17) is 5.73 Å². The molecule has 2 aromatic heterocycles. The Morgan fingerprint density at radius 2 is 1.96 bits per heavy atom. The van der Waals surface area contributed by atoms with Gasteiger partial charge in [0.05, 0.1) is 23.2 Å². The van der Waals surface area contributed by atoms with Crippen LogP contribution in [-0.4, -0.2) is 15.0 Å².